The number of amidine groups is 1. The van der Waals surface area contributed by atoms with Crippen molar-refractivity contribution in [1.29, 1.82) is 0 Å². The maximum atomic E-state index is 6.63. The van der Waals surface area contributed by atoms with Gasteiger partial charge in [0.15, 0.2) is 0 Å². The van der Waals surface area contributed by atoms with E-state index in [1.807, 2.05) is 0 Å². The molecule has 4 heteroatoms. The molecule has 260 valence electrons. The van der Waals surface area contributed by atoms with Gasteiger partial charge < -0.3 is 14.6 Å². The summed E-state index contributed by atoms with van der Waals surface area (Å²) in [5, 5.41) is 6.21. The van der Waals surface area contributed by atoms with Gasteiger partial charge in [-0.3, -0.25) is 4.99 Å². The van der Waals surface area contributed by atoms with Crippen molar-refractivity contribution in [2.24, 2.45) is 4.99 Å². The van der Waals surface area contributed by atoms with Crippen molar-refractivity contribution in [1.82, 2.24) is 9.88 Å². The number of aliphatic imine (C=N–C) groups is 1. The van der Waals surface area contributed by atoms with Crippen LogP contribution in [0, 0.1) is 0 Å². The van der Waals surface area contributed by atoms with Crippen molar-refractivity contribution in [3.05, 3.63) is 221 Å². The molecule has 4 nitrogen and oxygen atoms in total. The van der Waals surface area contributed by atoms with E-state index in [1.165, 1.54) is 72.0 Å². The van der Waals surface area contributed by atoms with Crippen LogP contribution in [0.4, 0.5) is 0 Å². The molecule has 0 saturated carbocycles. The van der Waals surface area contributed by atoms with Gasteiger partial charge in [0.25, 0.3) is 0 Å². The first-order valence-corrected chi connectivity index (χ1v) is 19.2. The first-order chi connectivity index (χ1) is 27.3. The van der Waals surface area contributed by atoms with Gasteiger partial charge in [-0.25, -0.2) is 0 Å². The number of aromatic nitrogens is 1. The molecule has 1 aromatic heterocycles. The molecule has 1 atom stereocenters. The minimum Gasteiger partial charge on any atom is -0.457 e. The molecule has 0 saturated heterocycles. The standard InChI is InChI=1S/C51H35N3O/c1-2-15-32(16-3-1)49-37-21-5-10-25-44(37)52-50(53-49)33-17-14-18-34(29-33)54-45-26-11-6-20-36(45)39-30-38-35-19-4-7-22-40(35)51(43(38)31-46(39)54)41-23-8-12-27-47(41)55-48-28-13-9-24-42(48)51/h1-4,6-20,22-31,49H,5,21H2,(H,52,53). The molecule has 4 aliphatic rings. The van der Waals surface area contributed by atoms with Crippen LogP contribution in [0.15, 0.2) is 192 Å². The Morgan fingerprint density at radius 2 is 1.33 bits per heavy atom. The van der Waals surface area contributed by atoms with Crippen LogP contribution in [0.3, 0.4) is 0 Å². The molecule has 0 bridgehead atoms. The summed E-state index contributed by atoms with van der Waals surface area (Å²) in [4.78, 5) is 5.42. The Kier molecular flexibility index (Phi) is 6.41. The monoisotopic (exact) mass is 705 g/mol. The van der Waals surface area contributed by atoms with E-state index in [9.17, 15) is 0 Å². The van der Waals surface area contributed by atoms with Gasteiger partial charge in [0.2, 0.25) is 0 Å². The maximum absolute atomic E-state index is 6.63. The van der Waals surface area contributed by atoms with Crippen LogP contribution < -0.4 is 10.1 Å². The topological polar surface area (TPSA) is 38.5 Å². The van der Waals surface area contributed by atoms with Crippen molar-refractivity contribution in [3.63, 3.8) is 0 Å². The lowest BCUT2D eigenvalue weighted by Gasteiger charge is -2.39. The second kappa shape index (κ2) is 11.5. The summed E-state index contributed by atoms with van der Waals surface area (Å²) >= 11 is 0. The number of para-hydroxylation sites is 3. The summed E-state index contributed by atoms with van der Waals surface area (Å²) in [6, 6.07) is 59.5. The number of fused-ring (bicyclic) bond motifs is 12. The molecule has 0 fully saturated rings. The molecule has 8 aromatic rings. The molecule has 1 N–H and O–H groups in total. The van der Waals surface area contributed by atoms with Crippen LogP contribution >= 0.6 is 0 Å². The summed E-state index contributed by atoms with van der Waals surface area (Å²) in [6.45, 7) is 0. The first kappa shape index (κ1) is 30.5. The van der Waals surface area contributed by atoms with E-state index in [2.05, 4.69) is 186 Å². The molecule has 7 aromatic carbocycles. The number of nitrogens with zero attached hydrogens (tertiary/aromatic N) is 2. The van der Waals surface area contributed by atoms with Gasteiger partial charge >= 0.3 is 0 Å². The number of rotatable bonds is 3. The Morgan fingerprint density at radius 1 is 0.600 bits per heavy atom. The average molecular weight is 706 g/mol. The van der Waals surface area contributed by atoms with E-state index < -0.39 is 5.41 Å². The lowest BCUT2D eigenvalue weighted by atomic mass is 9.66. The number of benzene rings is 7. The Morgan fingerprint density at radius 3 is 2.16 bits per heavy atom. The van der Waals surface area contributed by atoms with Crippen molar-refractivity contribution >= 4 is 27.6 Å². The number of allylic oxidation sites excluding steroid dienone is 2. The molecule has 1 spiro atoms. The number of nitrogens with one attached hydrogen (secondary N) is 1. The van der Waals surface area contributed by atoms with E-state index in [0.717, 1.165) is 41.4 Å². The fraction of sp³-hybridized carbons (Fsp3) is 0.0784. The van der Waals surface area contributed by atoms with Crippen LogP contribution in [0.25, 0.3) is 38.6 Å². The molecular formula is C51H35N3O. The Balaban J connectivity index is 1.10. The van der Waals surface area contributed by atoms with Crippen molar-refractivity contribution in [2.45, 2.75) is 24.3 Å². The predicted molar refractivity (Wildman–Crippen MR) is 222 cm³/mol. The second-order valence-corrected chi connectivity index (χ2v) is 15.0. The molecule has 0 amide bonds. The van der Waals surface area contributed by atoms with Gasteiger partial charge in [-0.05, 0) is 94.8 Å². The van der Waals surface area contributed by atoms with E-state index in [0.29, 0.717) is 0 Å². The van der Waals surface area contributed by atoms with E-state index >= 15 is 0 Å². The Hall–Kier alpha value is -6.91. The third-order valence-corrected chi connectivity index (χ3v) is 12.2. The third kappa shape index (κ3) is 4.25. The molecule has 1 unspecified atom stereocenters. The number of hydrogen-bond acceptors (Lipinski definition) is 3. The minimum atomic E-state index is -0.541. The quantitative estimate of drug-likeness (QED) is 0.199. The average Bonchev–Trinajstić information content (AvgIpc) is 3.73. The fourth-order valence-electron chi connectivity index (χ4n) is 9.90. The fourth-order valence-corrected chi connectivity index (χ4v) is 9.90. The summed E-state index contributed by atoms with van der Waals surface area (Å²) < 4.78 is 9.08. The lowest BCUT2D eigenvalue weighted by Crippen LogP contribution is -2.32. The molecular weight excluding hydrogens is 671 g/mol. The van der Waals surface area contributed by atoms with Crippen LogP contribution in [0.2, 0.25) is 0 Å². The molecule has 2 aliphatic carbocycles. The zero-order valence-corrected chi connectivity index (χ0v) is 30.0. The van der Waals surface area contributed by atoms with Crippen LogP contribution in [0.1, 0.15) is 52.3 Å². The van der Waals surface area contributed by atoms with Crippen LogP contribution in [-0.2, 0) is 5.41 Å². The van der Waals surface area contributed by atoms with Gasteiger partial charge in [-0.1, -0.05) is 127 Å². The van der Waals surface area contributed by atoms with E-state index in [-0.39, 0.29) is 6.04 Å². The Labute approximate surface area is 319 Å². The molecule has 12 rings (SSSR count). The zero-order valence-electron chi connectivity index (χ0n) is 30.0. The highest BCUT2D eigenvalue weighted by molar-refractivity contribution is 6.12. The van der Waals surface area contributed by atoms with E-state index in [1.54, 1.807) is 0 Å². The lowest BCUT2D eigenvalue weighted by molar-refractivity contribution is 0.436. The summed E-state index contributed by atoms with van der Waals surface area (Å²) in [5.41, 5.74) is 15.2. The van der Waals surface area contributed by atoms with Crippen LogP contribution in [0.5, 0.6) is 11.5 Å². The summed E-state index contributed by atoms with van der Waals surface area (Å²) in [5.74, 6) is 2.70. The third-order valence-electron chi connectivity index (χ3n) is 12.2. The van der Waals surface area contributed by atoms with Crippen molar-refractivity contribution in [2.75, 3.05) is 0 Å². The molecule has 0 radical (unpaired) electrons. The highest BCUT2D eigenvalue weighted by Gasteiger charge is 2.51. The van der Waals surface area contributed by atoms with Crippen LogP contribution in [-0.4, -0.2) is 10.4 Å². The van der Waals surface area contributed by atoms with Crippen molar-refractivity contribution < 1.29 is 4.74 Å². The Bertz CT molecular complexity index is 2950. The van der Waals surface area contributed by atoms with Gasteiger partial charge in [0.1, 0.15) is 23.4 Å². The molecule has 3 heterocycles. The smallest absolute Gasteiger partial charge is 0.133 e. The largest absolute Gasteiger partial charge is 0.457 e. The maximum Gasteiger partial charge on any atom is 0.133 e. The molecule has 2 aliphatic heterocycles. The van der Waals surface area contributed by atoms with Gasteiger partial charge in [0.05, 0.1) is 16.4 Å². The SMILES string of the molecule is C1=CC2=C(CC1)C(c1ccccc1)N=C(c1cccc(-n3c4ccccc4c4cc5c(cc43)C3(c4ccccc4Oc4ccccc43)c3ccccc3-5)c1)N2. The predicted octanol–water partition coefficient (Wildman–Crippen LogP) is 11.9. The normalized spacial score (nSPS) is 17.2. The van der Waals surface area contributed by atoms with Gasteiger partial charge in [-0.15, -0.1) is 0 Å². The highest BCUT2D eigenvalue weighted by Crippen LogP contribution is 2.62. The van der Waals surface area contributed by atoms with Gasteiger partial charge in [-0.2, -0.15) is 0 Å². The summed E-state index contributed by atoms with van der Waals surface area (Å²) in [6.07, 6.45) is 6.55. The highest BCUT2D eigenvalue weighted by atomic mass is 16.5. The van der Waals surface area contributed by atoms with Crippen molar-refractivity contribution in [3.8, 4) is 28.3 Å². The number of ether oxygens (including phenoxy) is 1. The number of hydrogen-bond donors (Lipinski definition) is 1. The zero-order chi connectivity index (χ0) is 36.1. The van der Waals surface area contributed by atoms with E-state index in [4.69, 9.17) is 9.73 Å². The second-order valence-electron chi connectivity index (χ2n) is 15.0. The molecule has 55 heavy (non-hydrogen) atoms. The minimum absolute atomic E-state index is 0.0140. The summed E-state index contributed by atoms with van der Waals surface area (Å²) in [7, 11) is 0. The van der Waals surface area contributed by atoms with Gasteiger partial charge in [0, 0.05) is 38.8 Å². The first-order valence-electron chi connectivity index (χ1n) is 19.2.